The largest absolute Gasteiger partial charge is 0.478 e. The Labute approximate surface area is 245 Å². The second kappa shape index (κ2) is 12.5. The number of halogens is 6. The summed E-state index contributed by atoms with van der Waals surface area (Å²) in [5.41, 5.74) is 1.45. The van der Waals surface area contributed by atoms with Crippen LogP contribution in [0.5, 0.6) is 0 Å². The maximum absolute atomic E-state index is 13.9. The molecule has 1 unspecified atom stereocenters. The molecule has 1 N–H and O–H groups in total. The fourth-order valence-corrected chi connectivity index (χ4v) is 5.99. The molecule has 42 heavy (non-hydrogen) atoms. The van der Waals surface area contributed by atoms with Gasteiger partial charge in [0, 0.05) is 74.2 Å². The van der Waals surface area contributed by atoms with Crippen molar-refractivity contribution < 1.29 is 31.9 Å². The Kier molecular flexibility index (Phi) is 8.93. The topological polar surface area (TPSA) is 64.8 Å². The number of nitrogens with zero attached hydrogens (tertiary/aromatic N) is 5. The van der Waals surface area contributed by atoms with Gasteiger partial charge in [0.15, 0.2) is 5.69 Å². The highest BCUT2D eigenvalue weighted by molar-refractivity contribution is 6.31. The van der Waals surface area contributed by atoms with Crippen molar-refractivity contribution in [3.63, 3.8) is 0 Å². The summed E-state index contributed by atoms with van der Waals surface area (Å²) in [4.78, 5) is 17.7. The normalized spacial score (nSPS) is 18.6. The third-order valence-corrected chi connectivity index (χ3v) is 8.15. The van der Waals surface area contributed by atoms with Crippen LogP contribution in [0.1, 0.15) is 41.4 Å². The maximum Gasteiger partial charge on any atom is 0.433 e. The number of piperazine rings is 1. The van der Waals surface area contributed by atoms with Gasteiger partial charge in [-0.15, -0.1) is 0 Å². The van der Waals surface area contributed by atoms with E-state index in [0.29, 0.717) is 44.0 Å². The van der Waals surface area contributed by atoms with Gasteiger partial charge in [0.2, 0.25) is 6.43 Å². The first-order chi connectivity index (χ1) is 20.0. The van der Waals surface area contributed by atoms with E-state index >= 15 is 0 Å². The van der Waals surface area contributed by atoms with Crippen molar-refractivity contribution in [3.05, 3.63) is 64.9 Å². The number of anilines is 2. The van der Waals surface area contributed by atoms with Crippen LogP contribution in [-0.4, -0.2) is 78.0 Å². The average Bonchev–Trinajstić information content (AvgIpc) is 3.44. The van der Waals surface area contributed by atoms with E-state index in [9.17, 15) is 31.9 Å². The highest BCUT2D eigenvalue weighted by atomic mass is 35.5. The van der Waals surface area contributed by atoms with Gasteiger partial charge in [-0.3, -0.25) is 9.58 Å². The first kappa shape index (κ1) is 30.1. The highest BCUT2D eigenvalue weighted by Gasteiger charge is 2.42. The fraction of sp³-hybridized carbons (Fsp3) is 0.448. The van der Waals surface area contributed by atoms with Crippen molar-refractivity contribution in [1.29, 1.82) is 0 Å². The van der Waals surface area contributed by atoms with Gasteiger partial charge in [0.05, 0.1) is 12.2 Å². The number of hydrogen-bond acceptors (Lipinski definition) is 5. The Hall–Kier alpha value is -3.38. The predicted molar refractivity (Wildman–Crippen MR) is 151 cm³/mol. The summed E-state index contributed by atoms with van der Waals surface area (Å²) in [5.74, 6) is -1.67. The van der Waals surface area contributed by atoms with Gasteiger partial charge in [-0.2, -0.15) is 18.3 Å². The molecule has 13 heteroatoms. The molecule has 5 rings (SSSR count). The Morgan fingerprint density at radius 2 is 1.74 bits per heavy atom. The van der Waals surface area contributed by atoms with E-state index in [1.807, 2.05) is 40.1 Å². The molecule has 1 aromatic heterocycles. The van der Waals surface area contributed by atoms with Crippen LogP contribution in [-0.2, 0) is 6.18 Å². The van der Waals surface area contributed by atoms with E-state index in [0.717, 1.165) is 46.5 Å². The third-order valence-electron chi connectivity index (χ3n) is 7.92. The summed E-state index contributed by atoms with van der Waals surface area (Å²) in [6, 6.07) is 12.8. The number of hydrogen-bond donors (Lipinski definition) is 1. The number of rotatable bonds is 8. The van der Waals surface area contributed by atoms with Crippen LogP contribution in [0.25, 0.3) is 11.1 Å². The standard InChI is InChI=1S/C29H31ClF5N5O2/c30-20-5-8-23(19-3-6-21(7-4-19)38-14-12-37(13-15-38)11-9-26(31)32)25(16-20)39-10-1-2-22(18-39)40-27(29(33,34)35)24(17-36-40)28(41)42/h3-8,16-17,22,26H,1-2,9-15,18H2,(H,41,42). The zero-order chi connectivity index (χ0) is 30.0. The van der Waals surface area contributed by atoms with Crippen molar-refractivity contribution in [2.45, 2.75) is 37.9 Å². The lowest BCUT2D eigenvalue weighted by Crippen LogP contribution is -2.46. The molecule has 0 radical (unpaired) electrons. The Bertz CT molecular complexity index is 1390. The number of carboxylic acids is 1. The second-order valence-electron chi connectivity index (χ2n) is 10.6. The van der Waals surface area contributed by atoms with Crippen LogP contribution >= 0.6 is 11.6 Å². The van der Waals surface area contributed by atoms with Gasteiger partial charge in [0.1, 0.15) is 5.56 Å². The summed E-state index contributed by atoms with van der Waals surface area (Å²) in [6.07, 6.45) is -5.52. The molecule has 7 nitrogen and oxygen atoms in total. The van der Waals surface area contributed by atoms with Crippen LogP contribution in [0.2, 0.25) is 5.02 Å². The van der Waals surface area contributed by atoms with Gasteiger partial charge < -0.3 is 14.9 Å². The van der Waals surface area contributed by atoms with Crippen molar-refractivity contribution >= 4 is 28.9 Å². The van der Waals surface area contributed by atoms with E-state index in [-0.39, 0.29) is 13.0 Å². The molecule has 2 aliphatic heterocycles. The van der Waals surface area contributed by atoms with Crippen molar-refractivity contribution in [2.24, 2.45) is 0 Å². The summed E-state index contributed by atoms with van der Waals surface area (Å²) in [7, 11) is 0. The lowest BCUT2D eigenvalue weighted by Gasteiger charge is -2.37. The number of piperidine rings is 1. The van der Waals surface area contributed by atoms with E-state index in [4.69, 9.17) is 11.6 Å². The SMILES string of the molecule is O=C(O)c1cnn(C2CCCN(c3cc(Cl)ccc3-c3ccc(N4CCN(CCC(F)F)CC4)cc3)C2)c1C(F)(F)F. The number of carboxylic acid groups (broad SMARTS) is 1. The minimum Gasteiger partial charge on any atom is -0.478 e. The van der Waals surface area contributed by atoms with Gasteiger partial charge in [0.25, 0.3) is 0 Å². The summed E-state index contributed by atoms with van der Waals surface area (Å²) < 4.78 is 67.5. The molecule has 3 heterocycles. The molecule has 0 amide bonds. The fourth-order valence-electron chi connectivity index (χ4n) is 5.82. The van der Waals surface area contributed by atoms with Crippen LogP contribution in [0, 0.1) is 0 Å². The Morgan fingerprint density at radius 3 is 2.38 bits per heavy atom. The van der Waals surface area contributed by atoms with E-state index in [2.05, 4.69) is 10.00 Å². The molecule has 0 saturated carbocycles. The van der Waals surface area contributed by atoms with Crippen molar-refractivity contribution in [1.82, 2.24) is 14.7 Å². The predicted octanol–water partition coefficient (Wildman–Crippen LogP) is 6.54. The number of aromatic carboxylic acids is 1. The van der Waals surface area contributed by atoms with Gasteiger partial charge >= 0.3 is 12.1 Å². The van der Waals surface area contributed by atoms with E-state index in [1.165, 1.54) is 0 Å². The molecule has 2 aromatic carbocycles. The molecular formula is C29H31ClF5N5O2. The molecule has 226 valence electrons. The molecular weight excluding hydrogens is 581 g/mol. The number of carbonyl (C=O) groups is 1. The van der Waals surface area contributed by atoms with Gasteiger partial charge in [-0.25, -0.2) is 13.6 Å². The van der Waals surface area contributed by atoms with Crippen LogP contribution in [0.4, 0.5) is 33.3 Å². The third kappa shape index (κ3) is 6.64. The van der Waals surface area contributed by atoms with Gasteiger partial charge in [-0.05, 0) is 42.7 Å². The lowest BCUT2D eigenvalue weighted by atomic mass is 9.99. The Balaban J connectivity index is 1.35. The van der Waals surface area contributed by atoms with Gasteiger partial charge in [-0.1, -0.05) is 29.8 Å². The number of alkyl halides is 5. The first-order valence-electron chi connectivity index (χ1n) is 13.8. The molecule has 1 atom stereocenters. The van der Waals surface area contributed by atoms with Crippen molar-refractivity contribution in [2.75, 3.05) is 55.6 Å². The van der Waals surface area contributed by atoms with E-state index in [1.54, 1.807) is 12.1 Å². The second-order valence-corrected chi connectivity index (χ2v) is 11.0. The molecule has 0 aliphatic carbocycles. The molecule has 2 fully saturated rings. The zero-order valence-electron chi connectivity index (χ0n) is 22.7. The molecule has 3 aromatic rings. The van der Waals surface area contributed by atoms with E-state index < -0.39 is 35.9 Å². The molecule has 0 bridgehead atoms. The Morgan fingerprint density at radius 1 is 1.02 bits per heavy atom. The first-order valence-corrected chi connectivity index (χ1v) is 14.2. The average molecular weight is 612 g/mol. The maximum atomic E-state index is 13.9. The summed E-state index contributed by atoms with van der Waals surface area (Å²) >= 11 is 6.37. The highest BCUT2D eigenvalue weighted by Crippen LogP contribution is 2.39. The minimum absolute atomic E-state index is 0.120. The summed E-state index contributed by atoms with van der Waals surface area (Å²) in [5, 5.41) is 13.6. The lowest BCUT2D eigenvalue weighted by molar-refractivity contribution is -0.145. The van der Waals surface area contributed by atoms with Crippen molar-refractivity contribution in [3.8, 4) is 11.1 Å². The smallest absolute Gasteiger partial charge is 0.433 e. The number of aromatic nitrogens is 2. The van der Waals surface area contributed by atoms with Crippen LogP contribution in [0.3, 0.4) is 0 Å². The molecule has 0 spiro atoms. The molecule has 2 aliphatic rings. The zero-order valence-corrected chi connectivity index (χ0v) is 23.5. The quantitative estimate of drug-likeness (QED) is 0.292. The monoisotopic (exact) mass is 611 g/mol. The minimum atomic E-state index is -4.87. The van der Waals surface area contributed by atoms with Crippen LogP contribution in [0.15, 0.2) is 48.7 Å². The van der Waals surface area contributed by atoms with Crippen LogP contribution < -0.4 is 9.80 Å². The number of benzene rings is 2. The summed E-state index contributed by atoms with van der Waals surface area (Å²) in [6.45, 7) is 4.08. The molecule has 2 saturated heterocycles.